The minimum absolute atomic E-state index is 0. The Kier molecular flexibility index (Phi) is 3.38. The van der Waals surface area contributed by atoms with Gasteiger partial charge in [0.1, 0.15) is 12.1 Å². The van der Waals surface area contributed by atoms with Crippen LogP contribution in [0.15, 0.2) is 36.5 Å². The Morgan fingerprint density at radius 2 is 1.88 bits per heavy atom. The van der Waals surface area contributed by atoms with Crippen LogP contribution >= 0.6 is 0 Å². The lowest BCUT2D eigenvalue weighted by molar-refractivity contribution is -0.698. The molecule has 0 atom stereocenters. The van der Waals surface area contributed by atoms with E-state index in [0.29, 0.717) is 0 Å². The largest absolute Gasteiger partial charge is 1.00 e. The van der Waals surface area contributed by atoms with E-state index in [0.717, 1.165) is 6.54 Å². The Morgan fingerprint density at radius 3 is 2.65 bits per heavy atom. The SMILES string of the molecule is CC[n+]1ccc2c([nH]c3ccccc32)c1C.[I-]. The molecule has 0 aliphatic carbocycles. The highest BCUT2D eigenvalue weighted by atomic mass is 127. The number of para-hydroxylation sites is 1. The quantitative estimate of drug-likeness (QED) is 0.474. The van der Waals surface area contributed by atoms with Crippen molar-refractivity contribution in [3.63, 3.8) is 0 Å². The van der Waals surface area contributed by atoms with Crippen LogP contribution in [-0.4, -0.2) is 4.98 Å². The first-order chi connectivity index (χ1) is 7.81. The molecule has 0 aliphatic rings. The summed E-state index contributed by atoms with van der Waals surface area (Å²) in [6.45, 7) is 5.35. The molecule has 3 rings (SSSR count). The van der Waals surface area contributed by atoms with Gasteiger partial charge in [-0.2, -0.15) is 0 Å². The van der Waals surface area contributed by atoms with Crippen LogP contribution in [0.4, 0.5) is 0 Å². The van der Waals surface area contributed by atoms with E-state index in [4.69, 9.17) is 0 Å². The first-order valence-corrected chi connectivity index (χ1v) is 5.70. The number of pyridine rings is 1. The summed E-state index contributed by atoms with van der Waals surface area (Å²) in [5.74, 6) is 0. The predicted molar refractivity (Wildman–Crippen MR) is 66.4 cm³/mol. The van der Waals surface area contributed by atoms with Gasteiger partial charge < -0.3 is 29.0 Å². The van der Waals surface area contributed by atoms with Crippen LogP contribution in [0.25, 0.3) is 21.8 Å². The molecule has 1 N–H and O–H groups in total. The van der Waals surface area contributed by atoms with Crippen molar-refractivity contribution in [2.45, 2.75) is 20.4 Å². The molecule has 0 aliphatic heterocycles. The van der Waals surface area contributed by atoms with Gasteiger partial charge in [-0.1, -0.05) is 18.2 Å². The summed E-state index contributed by atoms with van der Waals surface area (Å²) in [6.07, 6.45) is 2.16. The average molecular weight is 338 g/mol. The van der Waals surface area contributed by atoms with E-state index >= 15 is 0 Å². The lowest BCUT2D eigenvalue weighted by Crippen LogP contribution is -3.00. The lowest BCUT2D eigenvalue weighted by atomic mass is 10.1. The molecule has 17 heavy (non-hydrogen) atoms. The standard InChI is InChI=1S/C14H14N2.HI/c1-3-16-9-8-12-11-6-4-5-7-13(11)15-14(12)10(16)2;/h4-9H,3H2,1-2H3;1H. The van der Waals surface area contributed by atoms with Gasteiger partial charge in [-0.15, -0.1) is 0 Å². The van der Waals surface area contributed by atoms with E-state index in [2.05, 4.69) is 59.9 Å². The highest BCUT2D eigenvalue weighted by Gasteiger charge is 2.12. The smallest absolute Gasteiger partial charge is 0.202 e. The van der Waals surface area contributed by atoms with Crippen LogP contribution in [0.1, 0.15) is 12.6 Å². The third-order valence-electron chi connectivity index (χ3n) is 3.30. The van der Waals surface area contributed by atoms with E-state index in [1.807, 2.05) is 0 Å². The Balaban J connectivity index is 0.00000108. The molecular weight excluding hydrogens is 323 g/mol. The summed E-state index contributed by atoms with van der Waals surface area (Å²) in [7, 11) is 0. The normalized spacial score (nSPS) is 10.7. The molecule has 3 heteroatoms. The number of aromatic nitrogens is 2. The summed E-state index contributed by atoms with van der Waals surface area (Å²) in [4.78, 5) is 3.50. The average Bonchev–Trinajstić information content (AvgIpc) is 2.69. The summed E-state index contributed by atoms with van der Waals surface area (Å²) < 4.78 is 2.26. The van der Waals surface area contributed by atoms with Crippen LogP contribution in [0.2, 0.25) is 0 Å². The van der Waals surface area contributed by atoms with E-state index in [-0.39, 0.29) is 24.0 Å². The molecule has 0 fully saturated rings. The molecule has 0 unspecified atom stereocenters. The van der Waals surface area contributed by atoms with Crippen molar-refractivity contribution in [1.82, 2.24) is 4.98 Å². The van der Waals surface area contributed by atoms with Gasteiger partial charge in [-0.3, -0.25) is 0 Å². The van der Waals surface area contributed by atoms with E-state index in [1.165, 1.54) is 27.5 Å². The summed E-state index contributed by atoms with van der Waals surface area (Å²) in [5, 5.41) is 2.63. The molecule has 2 heterocycles. The van der Waals surface area contributed by atoms with Crippen molar-refractivity contribution in [2.75, 3.05) is 0 Å². The third-order valence-corrected chi connectivity index (χ3v) is 3.30. The summed E-state index contributed by atoms with van der Waals surface area (Å²) in [6, 6.07) is 10.7. The molecular formula is C14H15IN2. The Hall–Kier alpha value is -1.10. The Morgan fingerprint density at radius 1 is 1.12 bits per heavy atom. The molecule has 2 aromatic heterocycles. The summed E-state index contributed by atoms with van der Waals surface area (Å²) >= 11 is 0. The molecule has 3 aromatic rings. The van der Waals surface area contributed by atoms with E-state index in [1.54, 1.807) is 0 Å². The Bertz CT molecular complexity index is 670. The second-order valence-corrected chi connectivity index (χ2v) is 4.15. The van der Waals surface area contributed by atoms with Crippen molar-refractivity contribution in [3.8, 4) is 0 Å². The van der Waals surface area contributed by atoms with E-state index in [9.17, 15) is 0 Å². The predicted octanol–water partition coefficient (Wildman–Crippen LogP) is -0.0591. The molecule has 0 bridgehead atoms. The number of aryl methyl sites for hydroxylation is 2. The second kappa shape index (κ2) is 4.64. The van der Waals surface area contributed by atoms with Gasteiger partial charge in [-0.05, 0) is 13.0 Å². The van der Waals surface area contributed by atoms with Crippen LogP contribution in [0, 0.1) is 6.92 Å². The Labute approximate surface area is 118 Å². The molecule has 1 aromatic carbocycles. The maximum absolute atomic E-state index is 3.50. The highest BCUT2D eigenvalue weighted by Crippen LogP contribution is 2.25. The number of nitrogens with zero attached hydrogens (tertiary/aromatic N) is 1. The van der Waals surface area contributed by atoms with Crippen molar-refractivity contribution >= 4 is 21.8 Å². The molecule has 0 saturated carbocycles. The van der Waals surface area contributed by atoms with Crippen molar-refractivity contribution in [1.29, 1.82) is 0 Å². The van der Waals surface area contributed by atoms with Crippen LogP contribution in [0.3, 0.4) is 0 Å². The number of rotatable bonds is 1. The van der Waals surface area contributed by atoms with Gasteiger partial charge in [0.05, 0.1) is 0 Å². The van der Waals surface area contributed by atoms with Gasteiger partial charge in [-0.25, -0.2) is 4.57 Å². The topological polar surface area (TPSA) is 19.7 Å². The number of fused-ring (bicyclic) bond motifs is 3. The van der Waals surface area contributed by atoms with Crippen LogP contribution in [0.5, 0.6) is 0 Å². The van der Waals surface area contributed by atoms with Gasteiger partial charge in [0, 0.05) is 29.3 Å². The number of H-pyrrole nitrogens is 1. The first kappa shape index (κ1) is 12.4. The zero-order valence-electron chi connectivity index (χ0n) is 10.00. The van der Waals surface area contributed by atoms with Gasteiger partial charge in [0.2, 0.25) is 5.69 Å². The molecule has 88 valence electrons. The van der Waals surface area contributed by atoms with Crippen LogP contribution in [-0.2, 0) is 6.54 Å². The zero-order chi connectivity index (χ0) is 11.1. The van der Waals surface area contributed by atoms with Gasteiger partial charge in [0.25, 0.3) is 0 Å². The molecule has 0 radical (unpaired) electrons. The van der Waals surface area contributed by atoms with Gasteiger partial charge >= 0.3 is 0 Å². The summed E-state index contributed by atoms with van der Waals surface area (Å²) in [5.41, 5.74) is 3.77. The van der Waals surface area contributed by atoms with Crippen molar-refractivity contribution < 1.29 is 28.5 Å². The maximum atomic E-state index is 3.50. The number of hydrogen-bond acceptors (Lipinski definition) is 0. The van der Waals surface area contributed by atoms with E-state index < -0.39 is 0 Å². The number of benzene rings is 1. The van der Waals surface area contributed by atoms with Gasteiger partial charge in [0.15, 0.2) is 6.20 Å². The minimum Gasteiger partial charge on any atom is -1.00 e. The van der Waals surface area contributed by atoms with Crippen molar-refractivity contribution in [3.05, 3.63) is 42.2 Å². The molecule has 0 saturated heterocycles. The number of hydrogen-bond donors (Lipinski definition) is 1. The zero-order valence-corrected chi connectivity index (χ0v) is 12.2. The fourth-order valence-electron chi connectivity index (χ4n) is 2.38. The van der Waals surface area contributed by atoms with Crippen molar-refractivity contribution in [2.24, 2.45) is 0 Å². The minimum atomic E-state index is 0. The first-order valence-electron chi connectivity index (χ1n) is 5.70. The monoisotopic (exact) mass is 338 g/mol. The third kappa shape index (κ3) is 1.82. The fourth-order valence-corrected chi connectivity index (χ4v) is 2.38. The molecule has 2 nitrogen and oxygen atoms in total. The fraction of sp³-hybridized carbons (Fsp3) is 0.214. The van der Waals surface area contributed by atoms with Crippen LogP contribution < -0.4 is 28.5 Å². The highest BCUT2D eigenvalue weighted by molar-refractivity contribution is 6.07. The second-order valence-electron chi connectivity index (χ2n) is 4.15. The number of halogens is 1. The lowest BCUT2D eigenvalue weighted by Gasteiger charge is -1.97. The number of aromatic amines is 1. The maximum Gasteiger partial charge on any atom is 0.202 e. The number of nitrogens with one attached hydrogen (secondary N) is 1. The molecule has 0 amide bonds. The molecule has 0 spiro atoms.